The highest BCUT2D eigenvalue weighted by atomic mass is 33.1. The van der Waals surface area contributed by atoms with Gasteiger partial charge >= 0.3 is 0 Å². The number of pyridine rings is 1. The van der Waals surface area contributed by atoms with Gasteiger partial charge in [-0.25, -0.2) is 0 Å². The van der Waals surface area contributed by atoms with Crippen molar-refractivity contribution in [3.8, 4) is 0 Å². The van der Waals surface area contributed by atoms with Gasteiger partial charge in [0.15, 0.2) is 0 Å². The number of aryl methyl sites for hydroxylation is 2. The summed E-state index contributed by atoms with van der Waals surface area (Å²) in [5.74, 6) is 0. The molecule has 0 amide bonds. The monoisotopic (exact) mass is 213 g/mol. The highest BCUT2D eigenvalue weighted by molar-refractivity contribution is 8.68. The molecule has 0 atom stereocenters. The molecular weight excluding hydrogens is 198 g/mol. The van der Waals surface area contributed by atoms with Crippen LogP contribution in [0.4, 0.5) is 0 Å². The van der Waals surface area contributed by atoms with Crippen LogP contribution in [0.2, 0.25) is 0 Å². The zero-order valence-corrected chi connectivity index (χ0v) is 10.2. The standard InChI is InChI=1S/C10H15NS2/c1-7-5-6-9(8(2)11-7)10(3,4)13-12/h5-6,12H,1-4H3. The van der Waals surface area contributed by atoms with Crippen molar-refractivity contribution >= 4 is 22.5 Å². The van der Waals surface area contributed by atoms with Crippen molar-refractivity contribution in [3.05, 3.63) is 29.1 Å². The number of nitrogens with zero attached hydrogens (tertiary/aromatic N) is 1. The first-order chi connectivity index (χ1) is 5.97. The van der Waals surface area contributed by atoms with Crippen molar-refractivity contribution in [2.24, 2.45) is 0 Å². The Balaban J connectivity index is 3.16. The fourth-order valence-corrected chi connectivity index (χ4v) is 1.98. The van der Waals surface area contributed by atoms with Crippen LogP contribution in [0.3, 0.4) is 0 Å². The number of aromatic nitrogens is 1. The van der Waals surface area contributed by atoms with Crippen molar-refractivity contribution in [1.29, 1.82) is 0 Å². The van der Waals surface area contributed by atoms with Gasteiger partial charge in [0.05, 0.1) is 0 Å². The average molecular weight is 213 g/mol. The first kappa shape index (κ1) is 10.9. The van der Waals surface area contributed by atoms with Crippen LogP contribution in [-0.2, 0) is 4.75 Å². The molecule has 0 saturated carbocycles. The first-order valence-electron chi connectivity index (χ1n) is 4.24. The van der Waals surface area contributed by atoms with E-state index in [9.17, 15) is 0 Å². The summed E-state index contributed by atoms with van der Waals surface area (Å²) in [4.78, 5) is 4.44. The topological polar surface area (TPSA) is 12.9 Å². The van der Waals surface area contributed by atoms with Gasteiger partial charge in [-0.2, -0.15) is 0 Å². The van der Waals surface area contributed by atoms with Gasteiger partial charge in [-0.05, 0) is 39.3 Å². The summed E-state index contributed by atoms with van der Waals surface area (Å²) < 4.78 is 0.0356. The highest BCUT2D eigenvalue weighted by Gasteiger charge is 2.22. The van der Waals surface area contributed by atoms with Crippen LogP contribution in [0.1, 0.15) is 30.8 Å². The Morgan fingerprint density at radius 2 is 1.92 bits per heavy atom. The van der Waals surface area contributed by atoms with Crippen molar-refractivity contribution in [2.75, 3.05) is 0 Å². The molecule has 3 heteroatoms. The van der Waals surface area contributed by atoms with E-state index in [0.29, 0.717) is 0 Å². The molecule has 0 unspecified atom stereocenters. The minimum Gasteiger partial charge on any atom is -0.258 e. The lowest BCUT2D eigenvalue weighted by Gasteiger charge is -2.23. The Hall–Kier alpha value is -0.150. The number of rotatable bonds is 2. The third-order valence-electron chi connectivity index (χ3n) is 2.10. The number of hydrogen-bond donors (Lipinski definition) is 1. The minimum absolute atomic E-state index is 0.0356. The van der Waals surface area contributed by atoms with Gasteiger partial charge in [0.2, 0.25) is 0 Å². The summed E-state index contributed by atoms with van der Waals surface area (Å²) in [6.45, 7) is 8.37. The molecule has 0 aliphatic heterocycles. The molecule has 0 aliphatic rings. The molecule has 0 radical (unpaired) electrons. The van der Waals surface area contributed by atoms with Gasteiger partial charge < -0.3 is 0 Å². The van der Waals surface area contributed by atoms with Crippen LogP contribution in [0.25, 0.3) is 0 Å². The predicted octanol–water partition coefficient (Wildman–Crippen LogP) is 3.51. The fourth-order valence-electron chi connectivity index (χ4n) is 1.37. The van der Waals surface area contributed by atoms with Crippen LogP contribution >= 0.6 is 22.5 Å². The SMILES string of the molecule is Cc1ccc(C(C)(C)SS)c(C)n1. The maximum Gasteiger partial charge on any atom is 0.0471 e. The largest absolute Gasteiger partial charge is 0.258 e. The molecule has 0 N–H and O–H groups in total. The molecule has 13 heavy (non-hydrogen) atoms. The van der Waals surface area contributed by atoms with E-state index in [2.05, 4.69) is 36.6 Å². The Bertz CT molecular complexity index is 308. The van der Waals surface area contributed by atoms with E-state index in [0.717, 1.165) is 11.4 Å². The number of hydrogen-bond acceptors (Lipinski definition) is 3. The van der Waals surface area contributed by atoms with Gasteiger partial charge in [0.1, 0.15) is 0 Å². The molecule has 1 nitrogen and oxygen atoms in total. The van der Waals surface area contributed by atoms with Gasteiger partial charge in [0, 0.05) is 16.1 Å². The van der Waals surface area contributed by atoms with Crippen molar-refractivity contribution in [1.82, 2.24) is 4.98 Å². The fraction of sp³-hybridized carbons (Fsp3) is 0.500. The molecule has 72 valence electrons. The summed E-state index contributed by atoms with van der Waals surface area (Å²) in [7, 11) is 1.55. The van der Waals surface area contributed by atoms with E-state index < -0.39 is 0 Å². The Kier molecular flexibility index (Phi) is 3.30. The lowest BCUT2D eigenvalue weighted by molar-refractivity contribution is 0.770. The third-order valence-corrected chi connectivity index (χ3v) is 4.15. The molecule has 1 heterocycles. The van der Waals surface area contributed by atoms with Crippen molar-refractivity contribution < 1.29 is 0 Å². The molecule has 0 aromatic carbocycles. The minimum atomic E-state index is 0.0356. The molecular formula is C10H15NS2. The second-order valence-electron chi connectivity index (χ2n) is 3.69. The van der Waals surface area contributed by atoms with E-state index in [1.54, 1.807) is 10.8 Å². The molecule has 1 aromatic heterocycles. The number of thiol groups is 1. The van der Waals surface area contributed by atoms with Crippen LogP contribution in [-0.4, -0.2) is 4.98 Å². The first-order valence-corrected chi connectivity index (χ1v) is 6.11. The van der Waals surface area contributed by atoms with Gasteiger partial charge in [-0.3, -0.25) is 4.98 Å². The normalized spacial score (nSPS) is 11.8. The summed E-state index contributed by atoms with van der Waals surface area (Å²) in [5.41, 5.74) is 3.44. The maximum atomic E-state index is 4.44. The summed E-state index contributed by atoms with van der Waals surface area (Å²) in [5, 5.41) is 0. The molecule has 0 fully saturated rings. The highest BCUT2D eigenvalue weighted by Crippen LogP contribution is 2.38. The van der Waals surface area contributed by atoms with Crippen LogP contribution in [0, 0.1) is 13.8 Å². The van der Waals surface area contributed by atoms with Gasteiger partial charge in [-0.1, -0.05) is 16.9 Å². The molecule has 1 rings (SSSR count). The third kappa shape index (κ3) is 2.41. The maximum absolute atomic E-state index is 4.44. The Labute approximate surface area is 89.2 Å². The van der Waals surface area contributed by atoms with E-state index in [1.807, 2.05) is 19.9 Å². The van der Waals surface area contributed by atoms with E-state index in [1.165, 1.54) is 5.56 Å². The Morgan fingerprint density at radius 1 is 1.31 bits per heavy atom. The summed E-state index contributed by atoms with van der Waals surface area (Å²) in [6.07, 6.45) is 0. The molecule has 0 aliphatic carbocycles. The lowest BCUT2D eigenvalue weighted by atomic mass is 10.0. The zero-order valence-electron chi connectivity index (χ0n) is 8.46. The van der Waals surface area contributed by atoms with Crippen molar-refractivity contribution in [2.45, 2.75) is 32.4 Å². The smallest absolute Gasteiger partial charge is 0.0471 e. The lowest BCUT2D eigenvalue weighted by Crippen LogP contribution is -2.13. The molecule has 0 saturated heterocycles. The van der Waals surface area contributed by atoms with E-state index in [-0.39, 0.29) is 4.75 Å². The van der Waals surface area contributed by atoms with Gasteiger partial charge in [-0.15, -0.1) is 11.7 Å². The Morgan fingerprint density at radius 3 is 2.38 bits per heavy atom. The average Bonchev–Trinajstić information content (AvgIpc) is 2.03. The van der Waals surface area contributed by atoms with E-state index in [4.69, 9.17) is 0 Å². The molecule has 0 spiro atoms. The molecule has 1 aromatic rings. The summed E-state index contributed by atoms with van der Waals surface area (Å²) >= 11 is 4.27. The van der Waals surface area contributed by atoms with E-state index >= 15 is 0 Å². The second-order valence-corrected chi connectivity index (χ2v) is 5.44. The molecule has 0 bridgehead atoms. The zero-order chi connectivity index (χ0) is 10.1. The van der Waals surface area contributed by atoms with Crippen LogP contribution in [0.15, 0.2) is 12.1 Å². The van der Waals surface area contributed by atoms with Crippen molar-refractivity contribution in [3.63, 3.8) is 0 Å². The quantitative estimate of drug-likeness (QED) is 0.596. The van der Waals surface area contributed by atoms with Crippen LogP contribution in [0.5, 0.6) is 0 Å². The van der Waals surface area contributed by atoms with Crippen LogP contribution < -0.4 is 0 Å². The van der Waals surface area contributed by atoms with Gasteiger partial charge in [0.25, 0.3) is 0 Å². The predicted molar refractivity (Wildman–Crippen MR) is 63.3 cm³/mol. The second kappa shape index (κ2) is 3.93. The summed E-state index contributed by atoms with van der Waals surface area (Å²) in [6, 6.07) is 4.19.